The summed E-state index contributed by atoms with van der Waals surface area (Å²) in [6.07, 6.45) is 4.54. The Kier molecular flexibility index (Phi) is 7.14. The zero-order valence-electron chi connectivity index (χ0n) is 14.9. The predicted octanol–water partition coefficient (Wildman–Crippen LogP) is 4.10. The average Bonchev–Trinajstić information content (AvgIpc) is 2.58. The van der Waals surface area contributed by atoms with Crippen LogP contribution in [0.5, 0.6) is 0 Å². The van der Waals surface area contributed by atoms with Crippen molar-refractivity contribution >= 4 is 23.8 Å². The van der Waals surface area contributed by atoms with Crippen LogP contribution in [0, 0.1) is 0 Å². The summed E-state index contributed by atoms with van der Waals surface area (Å²) in [7, 11) is -9.81. The molecule has 27 heavy (non-hydrogen) atoms. The van der Waals surface area contributed by atoms with Gasteiger partial charge in [-0.2, -0.15) is 8.42 Å². The zero-order chi connectivity index (χ0) is 20.1. The topological polar surface area (TPSA) is 112 Å². The van der Waals surface area contributed by atoms with Crippen LogP contribution in [0.15, 0.2) is 54.6 Å². The molecule has 3 N–H and O–H groups in total. The highest BCUT2D eigenvalue weighted by molar-refractivity contribution is 7.93. The summed E-state index contributed by atoms with van der Waals surface area (Å²) in [6.45, 7) is 2.14. The summed E-state index contributed by atoms with van der Waals surface area (Å²) < 4.78 is 42.4. The molecule has 0 fully saturated rings. The number of allylic oxidation sites excluding steroid dienone is 1. The van der Waals surface area contributed by atoms with E-state index in [1.54, 1.807) is 6.08 Å². The number of aryl methyl sites for hydroxylation is 1. The minimum absolute atomic E-state index is 0.482. The van der Waals surface area contributed by atoms with Crippen molar-refractivity contribution in [3.63, 3.8) is 0 Å². The SMILES string of the molecule is CCCc1ccc(-c2ccc(/C=C/CC(P(=O)(O)O)S(=O)(=O)O)cc2)cc1. The molecule has 2 aromatic rings. The lowest BCUT2D eigenvalue weighted by Gasteiger charge is -2.13. The Balaban J connectivity index is 2.08. The maximum atomic E-state index is 11.2. The first-order valence-electron chi connectivity index (χ1n) is 8.48. The van der Waals surface area contributed by atoms with Gasteiger partial charge in [-0.1, -0.05) is 74.0 Å². The molecule has 6 nitrogen and oxygen atoms in total. The standard InChI is InChI=1S/C19H23O6PS/c1-2-4-15-7-11-17(12-8-15)18-13-9-16(10-14-18)5-3-6-19(26(20,21)22)27(23,24)25/h3,5,7-14,19H,2,4,6H2,1H3,(H2,20,21,22)(H,23,24,25)/b5-3+. The Hall–Kier alpha value is -1.76. The molecule has 0 bridgehead atoms. The van der Waals surface area contributed by atoms with Gasteiger partial charge in [-0.25, -0.2) is 0 Å². The lowest BCUT2D eigenvalue weighted by molar-refractivity contribution is 0.364. The molecule has 0 saturated carbocycles. The van der Waals surface area contributed by atoms with E-state index in [9.17, 15) is 13.0 Å². The molecule has 0 amide bonds. The maximum absolute atomic E-state index is 11.2. The van der Waals surface area contributed by atoms with Crippen LogP contribution < -0.4 is 0 Å². The fourth-order valence-electron chi connectivity index (χ4n) is 2.69. The molecule has 0 radical (unpaired) electrons. The third-order valence-electron chi connectivity index (χ3n) is 4.10. The predicted molar refractivity (Wildman–Crippen MR) is 107 cm³/mol. The smallest absolute Gasteiger partial charge is 0.323 e. The van der Waals surface area contributed by atoms with Crippen LogP contribution in [0.2, 0.25) is 0 Å². The largest absolute Gasteiger partial charge is 0.346 e. The van der Waals surface area contributed by atoms with E-state index in [1.165, 1.54) is 11.6 Å². The second kappa shape index (κ2) is 8.95. The molecule has 0 aliphatic rings. The first kappa shape index (κ1) is 21.5. The summed E-state index contributed by atoms with van der Waals surface area (Å²) in [5.74, 6) is 0. The Morgan fingerprint density at radius 3 is 1.96 bits per heavy atom. The van der Waals surface area contributed by atoms with Crippen molar-refractivity contribution in [3.8, 4) is 11.1 Å². The fraction of sp³-hybridized carbons (Fsp3) is 0.263. The highest BCUT2D eigenvalue weighted by Crippen LogP contribution is 2.45. The number of hydrogen-bond acceptors (Lipinski definition) is 3. The van der Waals surface area contributed by atoms with E-state index in [4.69, 9.17) is 14.3 Å². The van der Waals surface area contributed by atoms with Gasteiger partial charge >= 0.3 is 7.60 Å². The van der Waals surface area contributed by atoms with E-state index in [0.717, 1.165) is 29.5 Å². The zero-order valence-corrected chi connectivity index (χ0v) is 16.6. The van der Waals surface area contributed by atoms with Gasteiger partial charge < -0.3 is 9.79 Å². The van der Waals surface area contributed by atoms with Crippen LogP contribution >= 0.6 is 7.60 Å². The van der Waals surface area contributed by atoms with Gasteiger partial charge in [0.15, 0.2) is 4.99 Å². The molecule has 0 aliphatic heterocycles. The Morgan fingerprint density at radius 1 is 1.00 bits per heavy atom. The van der Waals surface area contributed by atoms with Crippen molar-refractivity contribution < 1.29 is 27.3 Å². The first-order chi connectivity index (χ1) is 12.6. The van der Waals surface area contributed by atoms with E-state index >= 15 is 0 Å². The minimum Gasteiger partial charge on any atom is -0.323 e. The van der Waals surface area contributed by atoms with Gasteiger partial charge in [-0.15, -0.1) is 0 Å². The Bertz CT molecular complexity index is 927. The average molecular weight is 410 g/mol. The van der Waals surface area contributed by atoms with Gasteiger partial charge in [0.2, 0.25) is 0 Å². The molecule has 0 heterocycles. The molecule has 8 heteroatoms. The van der Waals surface area contributed by atoms with Crippen LogP contribution in [0.3, 0.4) is 0 Å². The lowest BCUT2D eigenvalue weighted by Crippen LogP contribution is -2.19. The molecule has 0 saturated heterocycles. The summed E-state index contributed by atoms with van der Waals surface area (Å²) >= 11 is 0. The summed E-state index contributed by atoms with van der Waals surface area (Å²) in [4.78, 5) is 16.0. The van der Waals surface area contributed by atoms with Crippen LogP contribution in [-0.2, 0) is 21.1 Å². The molecule has 1 atom stereocenters. The molecule has 0 aliphatic carbocycles. The third-order valence-corrected chi connectivity index (χ3v) is 7.57. The maximum Gasteiger partial charge on any atom is 0.346 e. The van der Waals surface area contributed by atoms with Gasteiger partial charge in [-0.3, -0.25) is 9.12 Å². The molecular weight excluding hydrogens is 387 g/mol. The summed E-state index contributed by atoms with van der Waals surface area (Å²) in [6, 6.07) is 15.8. The van der Waals surface area contributed by atoms with Gasteiger partial charge in [-0.05, 0) is 35.1 Å². The van der Waals surface area contributed by atoms with E-state index < -0.39 is 29.1 Å². The summed E-state index contributed by atoms with van der Waals surface area (Å²) in [5.41, 5.74) is 4.15. The van der Waals surface area contributed by atoms with E-state index in [2.05, 4.69) is 31.2 Å². The molecule has 146 valence electrons. The summed E-state index contributed by atoms with van der Waals surface area (Å²) in [5, 5.41) is 0. The second-order valence-corrected chi connectivity index (χ2v) is 10.0. The molecule has 0 aromatic heterocycles. The fourth-order valence-corrected chi connectivity index (χ4v) is 4.83. The molecule has 1 unspecified atom stereocenters. The molecule has 2 rings (SSSR count). The van der Waals surface area contributed by atoms with Crippen LogP contribution in [0.1, 0.15) is 30.9 Å². The van der Waals surface area contributed by atoms with E-state index in [-0.39, 0.29) is 0 Å². The molecule has 2 aromatic carbocycles. The Morgan fingerprint density at radius 2 is 1.52 bits per heavy atom. The monoisotopic (exact) mass is 410 g/mol. The Labute approximate surface area is 159 Å². The first-order valence-corrected chi connectivity index (χ1v) is 11.7. The van der Waals surface area contributed by atoms with E-state index in [1.807, 2.05) is 24.3 Å². The highest BCUT2D eigenvalue weighted by Gasteiger charge is 2.38. The van der Waals surface area contributed by atoms with Crippen LogP contribution in [0.4, 0.5) is 0 Å². The quantitative estimate of drug-likeness (QED) is 0.446. The van der Waals surface area contributed by atoms with Gasteiger partial charge in [0.25, 0.3) is 10.1 Å². The van der Waals surface area contributed by atoms with E-state index in [0.29, 0.717) is 0 Å². The van der Waals surface area contributed by atoms with Crippen molar-refractivity contribution in [2.24, 2.45) is 0 Å². The van der Waals surface area contributed by atoms with Gasteiger partial charge in [0.1, 0.15) is 0 Å². The molecule has 0 spiro atoms. The number of hydrogen-bond donors (Lipinski definition) is 3. The number of rotatable bonds is 8. The number of benzene rings is 2. The van der Waals surface area contributed by atoms with Crippen molar-refractivity contribution in [3.05, 3.63) is 65.7 Å². The van der Waals surface area contributed by atoms with Crippen LogP contribution in [0.25, 0.3) is 17.2 Å². The van der Waals surface area contributed by atoms with Crippen molar-refractivity contribution in [2.45, 2.75) is 31.2 Å². The van der Waals surface area contributed by atoms with Crippen molar-refractivity contribution in [1.29, 1.82) is 0 Å². The minimum atomic E-state index is -4.97. The second-order valence-electron chi connectivity index (χ2n) is 6.27. The van der Waals surface area contributed by atoms with Crippen molar-refractivity contribution in [1.82, 2.24) is 0 Å². The van der Waals surface area contributed by atoms with Crippen molar-refractivity contribution in [2.75, 3.05) is 0 Å². The highest BCUT2D eigenvalue weighted by atomic mass is 32.2. The van der Waals surface area contributed by atoms with Gasteiger partial charge in [0, 0.05) is 0 Å². The third kappa shape index (κ3) is 6.41. The van der Waals surface area contributed by atoms with Gasteiger partial charge in [0.05, 0.1) is 0 Å². The molecular formula is C19H23O6PS. The van der Waals surface area contributed by atoms with Crippen LogP contribution in [-0.4, -0.2) is 27.7 Å². The lowest BCUT2D eigenvalue weighted by atomic mass is 10.0. The normalized spacial score (nSPS) is 13.8.